The number of aromatic carboxylic acids is 1. The molecule has 2 aliphatic heterocycles. The molecule has 3 amide bonds. The van der Waals surface area contributed by atoms with E-state index in [0.717, 1.165) is 86.9 Å². The average Bonchev–Trinajstić information content (AvgIpc) is 1.80. The molecule has 105 heavy (non-hydrogen) atoms. The quantitative estimate of drug-likeness (QED) is 0.0215. The molecule has 0 bridgehead atoms. The second-order valence-electron chi connectivity index (χ2n) is 31.8. The number of amides is 3. The van der Waals surface area contributed by atoms with Crippen LogP contribution in [0.2, 0.25) is 10.3 Å². The van der Waals surface area contributed by atoms with Gasteiger partial charge in [0.15, 0.2) is 21.7 Å². The predicted molar refractivity (Wildman–Crippen MR) is 398 cm³/mol. The maximum atomic E-state index is 13.2. The van der Waals surface area contributed by atoms with Crippen molar-refractivity contribution >= 4 is 78.9 Å². The second kappa shape index (κ2) is 33.5. The van der Waals surface area contributed by atoms with Crippen LogP contribution in [-0.4, -0.2) is 157 Å². The minimum atomic E-state index is -4.33. The summed E-state index contributed by atoms with van der Waals surface area (Å²) in [5.41, 5.74) is -1.74. The van der Waals surface area contributed by atoms with Crippen LogP contribution in [0.1, 0.15) is 193 Å². The zero-order valence-corrected chi connectivity index (χ0v) is 64.9. The molecule has 0 radical (unpaired) electrons. The lowest BCUT2D eigenvalue weighted by Crippen LogP contribution is -2.45. The molecule has 4 aliphatic carbocycles. The molecule has 2 saturated heterocycles. The van der Waals surface area contributed by atoms with Crippen molar-refractivity contribution in [2.24, 2.45) is 52.5 Å². The van der Waals surface area contributed by atoms with Crippen LogP contribution in [0.5, 0.6) is 11.8 Å². The van der Waals surface area contributed by atoms with Crippen molar-refractivity contribution in [3.8, 4) is 23.4 Å². The first-order valence-corrected chi connectivity index (χ1v) is 40.2. The number of nitrogens with one attached hydrogen (secondary N) is 3. The van der Waals surface area contributed by atoms with Gasteiger partial charge >= 0.3 is 18.2 Å². The number of carbonyl (C=O) groups is 4. The SMILES string of the molecule is CC(C)(C)OC(=O)N1CC(CCCNc2cccc(S(=O)(=O)NC(=O)c3ccc(-n4ccc(OCCC(C5CC5)C5CC5)n4)nc3Cl)n2)CC1(C)C.CC(C)(C)OC(=O)N1CC(CCCNc2cccc(S(N)(=O)=O)n2)CC1(C)C.O=C(O)c1ccc(-n2ccc(OCCC(C3CC3)C3CC3)n2)nc1Cl. The average molecular weight is 1530 g/mol. The van der Waals surface area contributed by atoms with Gasteiger partial charge < -0.3 is 44.5 Å². The molecule has 27 nitrogen and oxygen atoms in total. The number of carboxylic acids is 1. The molecule has 6 aromatic heterocycles. The molecule has 572 valence electrons. The van der Waals surface area contributed by atoms with Crippen molar-refractivity contribution in [3.63, 3.8) is 0 Å². The van der Waals surface area contributed by atoms with Crippen molar-refractivity contribution in [1.29, 1.82) is 0 Å². The van der Waals surface area contributed by atoms with Gasteiger partial charge in [0.25, 0.3) is 26.0 Å². The van der Waals surface area contributed by atoms with E-state index in [9.17, 15) is 36.0 Å². The summed E-state index contributed by atoms with van der Waals surface area (Å²) in [4.78, 5) is 69.5. The highest BCUT2D eigenvalue weighted by atomic mass is 35.5. The number of likely N-dealkylation sites (tertiary alicyclic amines) is 2. The van der Waals surface area contributed by atoms with Crippen molar-refractivity contribution in [3.05, 3.63) is 107 Å². The number of primary sulfonamides is 1. The summed E-state index contributed by atoms with van der Waals surface area (Å²) < 4.78 is 77.0. The van der Waals surface area contributed by atoms with E-state index >= 15 is 0 Å². The molecular weight excluding hydrogens is 1430 g/mol. The summed E-state index contributed by atoms with van der Waals surface area (Å²) in [7, 11) is -8.14. The lowest BCUT2D eigenvalue weighted by molar-refractivity contribution is 0.0118. The maximum absolute atomic E-state index is 13.2. The fourth-order valence-corrected chi connectivity index (χ4v) is 16.0. The number of carbonyl (C=O) groups excluding carboxylic acids is 3. The number of aromatic nitrogens is 8. The smallest absolute Gasteiger partial charge is 0.410 e. The van der Waals surface area contributed by atoms with E-state index in [-0.39, 0.29) is 54.7 Å². The Bertz CT molecular complexity index is 4240. The number of sulfonamides is 2. The summed E-state index contributed by atoms with van der Waals surface area (Å²) in [6, 6.07) is 18.7. The van der Waals surface area contributed by atoms with E-state index in [1.54, 1.807) is 54.9 Å². The zero-order valence-electron chi connectivity index (χ0n) is 61.7. The molecule has 6 N–H and O–H groups in total. The van der Waals surface area contributed by atoms with Crippen LogP contribution in [0, 0.1) is 47.3 Å². The first-order chi connectivity index (χ1) is 49.5. The van der Waals surface area contributed by atoms with Gasteiger partial charge in [-0.25, -0.2) is 62.0 Å². The molecule has 6 aliphatic rings. The normalized spacial score (nSPS) is 18.5. The van der Waals surface area contributed by atoms with Crippen molar-refractivity contribution < 1.29 is 60.1 Å². The van der Waals surface area contributed by atoms with Gasteiger partial charge in [0.1, 0.15) is 33.1 Å². The minimum Gasteiger partial charge on any atom is -0.478 e. The van der Waals surface area contributed by atoms with E-state index in [4.69, 9.17) is 52.4 Å². The molecule has 0 spiro atoms. The zero-order chi connectivity index (χ0) is 75.8. The molecule has 6 aromatic rings. The summed E-state index contributed by atoms with van der Waals surface area (Å²) in [5.74, 6) is 6.50. The fourth-order valence-electron chi connectivity index (χ4n) is 14.1. The molecule has 12 rings (SSSR count). The standard InChI is InChI=1S/C37H50ClN7O6S.C19H32N4O4S.C18H20ClN3O3/c1-36(2,3)51-35(47)44-23-24(22-37(44,4)5)8-7-19-39-29-9-6-10-32(40-29)52(48,49)43-34(46)28-15-16-30(41-33(28)38)45-20-17-31(42-45)50-21-18-27(25-11-12-25)26-13-14-26;1-18(2,3)27-17(24)23-13-14(12-19(23,4)5)8-7-11-21-15-9-6-10-16(22-15)28(20,25)26;19-17-14(18(23)24)5-6-15(20-17)22-9-7-16(21-22)25-10-8-13(11-1-2-11)12-3-4-12/h6,9-10,15-17,20,24-27H,7-8,11-14,18-19,21-23H2,1-5H3,(H,39,40)(H,43,46);6,9-10,14H,7-8,11-13H2,1-5H3,(H,21,22)(H2,20,25,26);5-7,9,11-13H,1-4,8,10H2,(H,23,24). The number of hydrogen-bond donors (Lipinski definition) is 5. The summed E-state index contributed by atoms with van der Waals surface area (Å²) in [6.45, 7) is 23.2. The number of carboxylic acid groups (broad SMARTS) is 1. The monoisotopic (exact) mass is 1530 g/mol. The van der Waals surface area contributed by atoms with E-state index < -0.39 is 43.1 Å². The van der Waals surface area contributed by atoms with Crippen LogP contribution in [0.25, 0.3) is 11.6 Å². The van der Waals surface area contributed by atoms with Crippen molar-refractivity contribution in [2.75, 3.05) is 50.0 Å². The Labute approximate surface area is 626 Å². The highest BCUT2D eigenvalue weighted by Gasteiger charge is 2.45. The Morgan fingerprint density at radius 2 is 0.981 bits per heavy atom. The lowest BCUT2D eigenvalue weighted by Gasteiger charge is -2.33. The Morgan fingerprint density at radius 1 is 0.581 bits per heavy atom. The third-order valence-corrected chi connectivity index (χ3v) is 22.3. The predicted octanol–water partition coefficient (Wildman–Crippen LogP) is 13.6. The largest absolute Gasteiger partial charge is 0.478 e. The van der Waals surface area contributed by atoms with Crippen LogP contribution >= 0.6 is 23.2 Å². The molecule has 2 unspecified atom stereocenters. The fraction of sp³-hybridized carbons (Fsp3) is 0.595. The lowest BCUT2D eigenvalue weighted by atomic mass is 9.93. The van der Waals surface area contributed by atoms with Gasteiger partial charge in [0.05, 0.1) is 24.3 Å². The number of nitrogens with two attached hydrogens (primary N) is 1. The van der Waals surface area contributed by atoms with Gasteiger partial charge in [-0.1, -0.05) is 35.3 Å². The number of ether oxygens (including phenoxy) is 4. The first-order valence-electron chi connectivity index (χ1n) is 36.4. The van der Waals surface area contributed by atoms with Crippen LogP contribution in [0.15, 0.2) is 95.2 Å². The van der Waals surface area contributed by atoms with Crippen LogP contribution in [-0.2, 0) is 29.5 Å². The molecule has 4 saturated carbocycles. The molecule has 8 heterocycles. The molecule has 2 atom stereocenters. The van der Waals surface area contributed by atoms with E-state index in [1.807, 2.05) is 56.1 Å². The highest BCUT2D eigenvalue weighted by Crippen LogP contribution is 2.52. The highest BCUT2D eigenvalue weighted by molar-refractivity contribution is 7.90. The number of rotatable bonds is 29. The summed E-state index contributed by atoms with van der Waals surface area (Å²) in [5, 5.41) is 28.5. The van der Waals surface area contributed by atoms with Gasteiger partial charge in [-0.2, -0.15) is 8.42 Å². The molecule has 6 fully saturated rings. The van der Waals surface area contributed by atoms with Crippen LogP contribution < -0.4 is 30.0 Å². The molecule has 31 heteroatoms. The van der Waals surface area contributed by atoms with Gasteiger partial charge in [-0.3, -0.25) is 4.79 Å². The van der Waals surface area contributed by atoms with E-state index in [1.165, 1.54) is 91.1 Å². The number of nitrogens with zero attached hydrogens (tertiary/aromatic N) is 10. The van der Waals surface area contributed by atoms with Crippen molar-refractivity contribution in [1.82, 2.24) is 54.0 Å². The van der Waals surface area contributed by atoms with E-state index in [0.29, 0.717) is 86.3 Å². The van der Waals surface area contributed by atoms with Gasteiger partial charge in [-0.15, -0.1) is 10.2 Å². The third-order valence-electron chi connectivity index (χ3n) is 19.6. The third kappa shape index (κ3) is 23.3. The molecule has 0 aromatic carbocycles. The number of pyridine rings is 4. The topological polar surface area (TPSA) is 350 Å². The van der Waals surface area contributed by atoms with Crippen LogP contribution in [0.3, 0.4) is 0 Å². The van der Waals surface area contributed by atoms with Gasteiger partial charge in [0, 0.05) is 61.8 Å². The van der Waals surface area contributed by atoms with Gasteiger partial charge in [-0.05, 0) is 268 Å². The van der Waals surface area contributed by atoms with Crippen LogP contribution in [0.4, 0.5) is 21.2 Å². The second-order valence-corrected chi connectivity index (χ2v) is 35.6. The first kappa shape index (κ1) is 79.7. The number of halogens is 2. The summed E-state index contributed by atoms with van der Waals surface area (Å²) >= 11 is 12.3. The minimum absolute atomic E-state index is 0.0276. The Balaban J connectivity index is 0.000000187. The maximum Gasteiger partial charge on any atom is 0.410 e. The van der Waals surface area contributed by atoms with Crippen molar-refractivity contribution in [2.45, 2.75) is 204 Å². The molecular formula is C74H102Cl2N14O13S2. The number of anilines is 2. The Hall–Kier alpha value is -7.86. The summed E-state index contributed by atoms with van der Waals surface area (Å²) in [6.07, 6.45) is 21.1. The number of hydrogen-bond acceptors (Lipinski definition) is 20. The Morgan fingerprint density at radius 3 is 1.36 bits per heavy atom. The van der Waals surface area contributed by atoms with E-state index in [2.05, 4.69) is 68.5 Å². The Kier molecular flexibility index (Phi) is 25.4. The van der Waals surface area contributed by atoms with Gasteiger partial charge in [0.2, 0.25) is 11.8 Å².